The molecule has 2 unspecified atom stereocenters. The number of phenols is 1. The fraction of sp³-hybridized carbons (Fsp3) is 0.522. The first-order valence-electron chi connectivity index (χ1n) is 10.8. The van der Waals surface area contributed by atoms with Crippen molar-refractivity contribution in [1.29, 1.82) is 0 Å². The molecule has 32 heavy (non-hydrogen) atoms. The highest BCUT2D eigenvalue weighted by molar-refractivity contribution is 6.36. The number of carbonyl (C=O) groups excluding carboxylic acids is 2. The molecule has 2 aliphatic rings. The van der Waals surface area contributed by atoms with Crippen molar-refractivity contribution in [2.45, 2.75) is 64.5 Å². The lowest BCUT2D eigenvalue weighted by Gasteiger charge is -2.31. The van der Waals surface area contributed by atoms with Crippen LogP contribution in [0.5, 0.6) is 5.75 Å². The molecule has 1 aromatic carbocycles. The third kappa shape index (κ3) is 4.46. The van der Waals surface area contributed by atoms with Crippen LogP contribution in [0.1, 0.15) is 62.9 Å². The first-order valence-corrected chi connectivity index (χ1v) is 11.6. The molecular formula is C23H27Cl2N3O4. The molecule has 1 amide bonds. The van der Waals surface area contributed by atoms with Crippen LogP contribution in [0.3, 0.4) is 0 Å². The maximum absolute atomic E-state index is 13.3. The zero-order valence-electron chi connectivity index (χ0n) is 18.4. The van der Waals surface area contributed by atoms with Gasteiger partial charge < -0.3 is 14.7 Å². The van der Waals surface area contributed by atoms with Gasteiger partial charge in [-0.1, -0.05) is 23.2 Å². The molecule has 0 radical (unpaired) electrons. The first kappa shape index (κ1) is 22.9. The number of hydrogen-bond donors (Lipinski definition) is 1. The Labute approximate surface area is 197 Å². The van der Waals surface area contributed by atoms with E-state index < -0.39 is 11.7 Å². The Morgan fingerprint density at radius 2 is 1.94 bits per heavy atom. The zero-order valence-corrected chi connectivity index (χ0v) is 19.9. The molecule has 9 heteroatoms. The maximum Gasteiger partial charge on any atom is 0.435 e. The van der Waals surface area contributed by atoms with Crippen molar-refractivity contribution >= 4 is 35.2 Å². The van der Waals surface area contributed by atoms with E-state index >= 15 is 0 Å². The zero-order chi connectivity index (χ0) is 23.2. The molecule has 1 aliphatic carbocycles. The molecule has 4 rings (SSSR count). The minimum absolute atomic E-state index is 0.000130. The number of nitrogens with zero attached hydrogens (tertiary/aromatic N) is 3. The van der Waals surface area contributed by atoms with Crippen molar-refractivity contribution in [2.75, 3.05) is 6.54 Å². The Hall–Kier alpha value is -2.25. The average molecular weight is 480 g/mol. The van der Waals surface area contributed by atoms with Crippen molar-refractivity contribution < 1.29 is 19.4 Å². The van der Waals surface area contributed by atoms with E-state index in [0.29, 0.717) is 35.0 Å². The van der Waals surface area contributed by atoms with Crippen LogP contribution in [0.25, 0.3) is 0 Å². The second-order valence-electron chi connectivity index (χ2n) is 9.46. The molecule has 1 aromatic heterocycles. The van der Waals surface area contributed by atoms with E-state index in [1.165, 1.54) is 16.8 Å². The van der Waals surface area contributed by atoms with Crippen LogP contribution in [0.4, 0.5) is 4.79 Å². The van der Waals surface area contributed by atoms with Gasteiger partial charge in [0.1, 0.15) is 11.4 Å². The maximum atomic E-state index is 13.3. The summed E-state index contributed by atoms with van der Waals surface area (Å²) in [4.78, 5) is 27.8. The van der Waals surface area contributed by atoms with Gasteiger partial charge in [0.25, 0.3) is 0 Å². The lowest BCUT2D eigenvalue weighted by molar-refractivity contribution is -0.133. The number of halogens is 2. The predicted octanol–water partition coefficient (Wildman–Crippen LogP) is 5.15. The van der Waals surface area contributed by atoms with E-state index in [2.05, 4.69) is 5.10 Å². The summed E-state index contributed by atoms with van der Waals surface area (Å²) in [5, 5.41) is 14.7. The Balaban J connectivity index is 1.53. The number of aromatic nitrogens is 2. The van der Waals surface area contributed by atoms with Gasteiger partial charge in [0.15, 0.2) is 0 Å². The molecular weight excluding hydrogens is 453 g/mol. The predicted molar refractivity (Wildman–Crippen MR) is 121 cm³/mol. The van der Waals surface area contributed by atoms with E-state index in [-0.39, 0.29) is 23.6 Å². The third-order valence-electron chi connectivity index (χ3n) is 6.02. The van der Waals surface area contributed by atoms with Gasteiger partial charge in [-0.2, -0.15) is 9.78 Å². The number of aromatic hydroxyl groups is 1. The quantitative estimate of drug-likeness (QED) is 0.657. The number of fused-ring (bicyclic) bond motifs is 1. The molecule has 1 saturated heterocycles. The van der Waals surface area contributed by atoms with Crippen molar-refractivity contribution in [3.05, 3.63) is 45.2 Å². The molecule has 2 aromatic rings. The number of likely N-dealkylation sites (tertiary alicyclic amines) is 1. The van der Waals surface area contributed by atoms with E-state index in [0.717, 1.165) is 30.5 Å². The van der Waals surface area contributed by atoms with E-state index in [1.807, 2.05) is 25.7 Å². The number of hydrogen-bond acceptors (Lipinski definition) is 5. The number of ether oxygens (including phenoxy) is 1. The van der Waals surface area contributed by atoms with Crippen LogP contribution in [-0.2, 0) is 22.4 Å². The molecule has 0 spiro atoms. The summed E-state index contributed by atoms with van der Waals surface area (Å²) in [5.41, 5.74) is 1.79. The third-order valence-corrected chi connectivity index (χ3v) is 6.70. The average Bonchev–Trinajstić information content (AvgIpc) is 3.27. The summed E-state index contributed by atoms with van der Waals surface area (Å²) in [6, 6.07) is 2.77. The van der Waals surface area contributed by atoms with E-state index in [4.69, 9.17) is 27.9 Å². The minimum Gasteiger partial charge on any atom is -0.508 e. The Bertz CT molecular complexity index is 1040. The second kappa shape index (κ2) is 8.60. The lowest BCUT2D eigenvalue weighted by Crippen LogP contribution is -2.35. The molecule has 1 fully saturated rings. The molecule has 0 saturated carbocycles. The van der Waals surface area contributed by atoms with E-state index in [9.17, 15) is 14.7 Å². The van der Waals surface area contributed by atoms with Crippen molar-refractivity contribution in [2.24, 2.45) is 5.92 Å². The van der Waals surface area contributed by atoms with Gasteiger partial charge in [0, 0.05) is 28.1 Å². The van der Waals surface area contributed by atoms with E-state index in [1.54, 1.807) is 6.20 Å². The number of carbonyl (C=O) groups is 2. The largest absolute Gasteiger partial charge is 0.508 e. The van der Waals surface area contributed by atoms with Gasteiger partial charge in [-0.05, 0) is 70.6 Å². The van der Waals surface area contributed by atoms with Crippen LogP contribution < -0.4 is 0 Å². The normalized spacial score (nSPS) is 21.0. The number of phenolic OH excluding ortho intramolecular Hbond substituents is 1. The highest BCUT2D eigenvalue weighted by Gasteiger charge is 2.40. The monoisotopic (exact) mass is 479 g/mol. The SMILES string of the molecule is CC(C)(C)OC(=O)n1ncc2c1CCCC2N1CCC(Cc2c(Cl)cc(O)cc2Cl)C1=O. The molecule has 2 heterocycles. The summed E-state index contributed by atoms with van der Waals surface area (Å²) >= 11 is 12.5. The molecule has 7 nitrogen and oxygen atoms in total. The topological polar surface area (TPSA) is 84.7 Å². The summed E-state index contributed by atoms with van der Waals surface area (Å²) in [6.07, 6.45) is 4.71. The molecule has 172 valence electrons. The second-order valence-corrected chi connectivity index (χ2v) is 10.3. The van der Waals surface area contributed by atoms with Gasteiger partial charge in [-0.25, -0.2) is 4.79 Å². The van der Waals surface area contributed by atoms with Crippen LogP contribution in [0, 0.1) is 5.92 Å². The Kier molecular flexibility index (Phi) is 6.16. The van der Waals surface area contributed by atoms with Crippen LogP contribution in [0.2, 0.25) is 10.0 Å². The highest BCUT2D eigenvalue weighted by Crippen LogP contribution is 2.40. The van der Waals surface area contributed by atoms with Gasteiger partial charge in [-0.3, -0.25) is 4.79 Å². The Morgan fingerprint density at radius 3 is 2.59 bits per heavy atom. The summed E-state index contributed by atoms with van der Waals surface area (Å²) in [7, 11) is 0. The standard InChI is InChI=1S/C23H27Cl2N3O4/c1-23(2,3)32-22(31)28-20-6-4-5-19(16(20)12-26-28)27-8-7-13(21(27)30)9-15-17(24)10-14(29)11-18(15)25/h10-13,19,29H,4-9H2,1-3H3. The Morgan fingerprint density at radius 1 is 1.25 bits per heavy atom. The summed E-state index contributed by atoms with van der Waals surface area (Å²) in [5.74, 6) is -0.186. The molecule has 0 bridgehead atoms. The highest BCUT2D eigenvalue weighted by atomic mass is 35.5. The van der Waals surface area contributed by atoms with Crippen molar-refractivity contribution in [1.82, 2.24) is 14.7 Å². The molecule has 2 atom stereocenters. The summed E-state index contributed by atoms with van der Waals surface area (Å²) in [6.45, 7) is 6.08. The number of amides is 1. The van der Waals surface area contributed by atoms with Gasteiger partial charge >= 0.3 is 6.09 Å². The van der Waals surface area contributed by atoms with Gasteiger partial charge in [0.05, 0.1) is 17.9 Å². The number of benzene rings is 1. The molecule has 1 aliphatic heterocycles. The summed E-state index contributed by atoms with van der Waals surface area (Å²) < 4.78 is 6.82. The van der Waals surface area contributed by atoms with Crippen molar-refractivity contribution in [3.8, 4) is 5.75 Å². The van der Waals surface area contributed by atoms with Crippen molar-refractivity contribution in [3.63, 3.8) is 0 Å². The smallest absolute Gasteiger partial charge is 0.435 e. The fourth-order valence-corrected chi connectivity index (χ4v) is 5.24. The fourth-order valence-electron chi connectivity index (χ4n) is 4.61. The van der Waals surface area contributed by atoms with Gasteiger partial charge in [-0.15, -0.1) is 0 Å². The van der Waals surface area contributed by atoms with Gasteiger partial charge in [0.2, 0.25) is 5.91 Å². The van der Waals surface area contributed by atoms with Crippen LogP contribution >= 0.6 is 23.2 Å². The number of rotatable bonds is 3. The first-order chi connectivity index (χ1) is 15.0. The lowest BCUT2D eigenvalue weighted by atomic mass is 9.91. The molecule has 1 N–H and O–H groups in total. The van der Waals surface area contributed by atoms with Crippen LogP contribution in [0.15, 0.2) is 18.3 Å². The minimum atomic E-state index is -0.612. The van der Waals surface area contributed by atoms with Crippen LogP contribution in [-0.4, -0.2) is 43.9 Å².